The number of nitrogens with zero attached hydrogens (tertiary/aromatic N) is 3. The van der Waals surface area contributed by atoms with Crippen LogP contribution in [0, 0.1) is 5.82 Å². The van der Waals surface area contributed by atoms with Crippen LogP contribution < -0.4 is 10.3 Å². The van der Waals surface area contributed by atoms with Gasteiger partial charge in [0.05, 0.1) is 11.3 Å². The van der Waals surface area contributed by atoms with Crippen LogP contribution in [0.25, 0.3) is 0 Å². The summed E-state index contributed by atoms with van der Waals surface area (Å²) in [6.07, 6.45) is 0. The minimum Gasteiger partial charge on any atom is -0.303 e. The second kappa shape index (κ2) is 8.18. The molecular weight excluding hydrogens is 359 g/mol. The number of hydrogen-bond donors (Lipinski definition) is 1. The Labute approximate surface area is 163 Å². The van der Waals surface area contributed by atoms with Gasteiger partial charge in [-0.1, -0.05) is 30.3 Å². The van der Waals surface area contributed by atoms with Crippen molar-refractivity contribution >= 4 is 17.4 Å². The largest absolute Gasteiger partial charge is 0.303 e. The molecule has 1 fully saturated rings. The van der Waals surface area contributed by atoms with Crippen LogP contribution in [0.15, 0.2) is 48.5 Å². The number of ketones is 1. The highest BCUT2D eigenvalue weighted by atomic mass is 19.1. The van der Waals surface area contributed by atoms with Crippen LogP contribution in [0.2, 0.25) is 0 Å². The van der Waals surface area contributed by atoms with E-state index in [0.29, 0.717) is 36.4 Å². The molecule has 146 valence electrons. The zero-order valence-corrected chi connectivity index (χ0v) is 15.6. The second-order valence-corrected chi connectivity index (χ2v) is 7.06. The number of carbonyl (C=O) groups is 2. The van der Waals surface area contributed by atoms with E-state index in [0.717, 1.165) is 26.2 Å². The van der Waals surface area contributed by atoms with Crippen LogP contribution >= 0.6 is 0 Å². The van der Waals surface area contributed by atoms with E-state index in [1.165, 1.54) is 6.07 Å². The van der Waals surface area contributed by atoms with E-state index in [-0.39, 0.29) is 5.82 Å². The maximum Gasteiger partial charge on any atom is 0.299 e. The first-order valence-electron chi connectivity index (χ1n) is 9.53. The number of anilines is 1. The second-order valence-electron chi connectivity index (χ2n) is 7.06. The van der Waals surface area contributed by atoms with E-state index in [2.05, 4.69) is 15.3 Å². The number of hydrazine groups is 1. The van der Waals surface area contributed by atoms with E-state index in [1.807, 2.05) is 18.2 Å². The molecule has 0 bridgehead atoms. The number of carbonyl (C=O) groups excluding carboxylic acids is 2. The molecule has 0 radical (unpaired) electrons. The molecule has 7 heteroatoms. The van der Waals surface area contributed by atoms with Gasteiger partial charge in [0, 0.05) is 51.4 Å². The lowest BCUT2D eigenvalue weighted by molar-refractivity contribution is -0.114. The standard InChI is InChI=1S/C21H23FN4O2/c22-18-7-3-1-5-16(18)15-23-25-12-9-24(10-13-25)11-14-26-19-8-4-2-6-17(19)20(27)21(26)28/h1-8,23H,9-15H2. The van der Waals surface area contributed by atoms with Gasteiger partial charge in [-0.15, -0.1) is 0 Å². The van der Waals surface area contributed by atoms with Crippen molar-refractivity contribution in [2.75, 3.05) is 44.2 Å². The molecule has 0 saturated carbocycles. The minimum atomic E-state index is -0.439. The Morgan fingerprint density at radius 2 is 1.61 bits per heavy atom. The lowest BCUT2D eigenvalue weighted by Crippen LogP contribution is -2.53. The molecule has 1 amide bonds. The summed E-state index contributed by atoms with van der Waals surface area (Å²) in [5, 5.41) is 2.10. The Morgan fingerprint density at radius 3 is 2.39 bits per heavy atom. The molecule has 0 aromatic heterocycles. The van der Waals surface area contributed by atoms with E-state index >= 15 is 0 Å². The molecule has 0 spiro atoms. The predicted octanol–water partition coefficient (Wildman–Crippen LogP) is 1.68. The predicted molar refractivity (Wildman–Crippen MR) is 104 cm³/mol. The zero-order valence-electron chi connectivity index (χ0n) is 15.6. The van der Waals surface area contributed by atoms with E-state index in [1.54, 1.807) is 29.2 Å². The maximum atomic E-state index is 13.7. The van der Waals surface area contributed by atoms with Crippen molar-refractivity contribution in [3.63, 3.8) is 0 Å². The van der Waals surface area contributed by atoms with Crippen LogP contribution in [0.3, 0.4) is 0 Å². The Hall–Kier alpha value is -2.61. The molecule has 2 aliphatic heterocycles. The van der Waals surface area contributed by atoms with Crippen molar-refractivity contribution in [2.45, 2.75) is 6.54 Å². The zero-order chi connectivity index (χ0) is 19.5. The Morgan fingerprint density at radius 1 is 0.893 bits per heavy atom. The summed E-state index contributed by atoms with van der Waals surface area (Å²) in [4.78, 5) is 28.2. The van der Waals surface area contributed by atoms with Gasteiger partial charge in [0.2, 0.25) is 0 Å². The van der Waals surface area contributed by atoms with Gasteiger partial charge in [-0.05, 0) is 18.2 Å². The van der Waals surface area contributed by atoms with Crippen molar-refractivity contribution in [3.05, 3.63) is 65.5 Å². The average Bonchev–Trinajstić information content (AvgIpc) is 2.97. The number of fused-ring (bicyclic) bond motifs is 1. The fourth-order valence-electron chi connectivity index (χ4n) is 3.68. The third-order valence-corrected chi connectivity index (χ3v) is 5.34. The lowest BCUT2D eigenvalue weighted by Gasteiger charge is -2.35. The van der Waals surface area contributed by atoms with Crippen LogP contribution in [0.4, 0.5) is 10.1 Å². The molecule has 2 aromatic carbocycles. The monoisotopic (exact) mass is 382 g/mol. The number of nitrogens with one attached hydrogen (secondary N) is 1. The fraction of sp³-hybridized carbons (Fsp3) is 0.333. The number of Topliss-reactive ketones (excluding diaryl/α,β-unsaturated/α-hetero) is 1. The minimum absolute atomic E-state index is 0.196. The van der Waals surface area contributed by atoms with Gasteiger partial charge >= 0.3 is 0 Å². The van der Waals surface area contributed by atoms with E-state index in [9.17, 15) is 14.0 Å². The third kappa shape index (κ3) is 3.82. The summed E-state index contributed by atoms with van der Waals surface area (Å²) in [6, 6.07) is 13.9. The highest BCUT2D eigenvalue weighted by molar-refractivity contribution is 6.52. The van der Waals surface area contributed by atoms with Gasteiger partial charge in [-0.2, -0.15) is 0 Å². The molecule has 1 saturated heterocycles. The van der Waals surface area contributed by atoms with E-state index < -0.39 is 11.7 Å². The number of rotatable bonds is 6. The molecule has 2 heterocycles. The summed E-state index contributed by atoms with van der Waals surface area (Å²) in [5.41, 5.74) is 5.14. The van der Waals surface area contributed by atoms with Gasteiger partial charge in [0.1, 0.15) is 5.82 Å². The first-order valence-corrected chi connectivity index (χ1v) is 9.53. The summed E-state index contributed by atoms with van der Waals surface area (Å²) in [6.45, 7) is 5.02. The van der Waals surface area contributed by atoms with Crippen LogP contribution in [0.5, 0.6) is 0 Å². The number of halogens is 1. The number of piperazine rings is 1. The molecule has 2 aliphatic rings. The van der Waals surface area contributed by atoms with Gasteiger partial charge in [-0.25, -0.2) is 9.40 Å². The third-order valence-electron chi connectivity index (χ3n) is 5.34. The number of benzene rings is 2. The lowest BCUT2D eigenvalue weighted by atomic mass is 10.1. The molecule has 4 rings (SSSR count). The Kier molecular flexibility index (Phi) is 5.47. The smallest absolute Gasteiger partial charge is 0.299 e. The van der Waals surface area contributed by atoms with Gasteiger partial charge < -0.3 is 4.90 Å². The topological polar surface area (TPSA) is 55.9 Å². The van der Waals surface area contributed by atoms with Crippen LogP contribution in [-0.2, 0) is 11.3 Å². The molecule has 6 nitrogen and oxygen atoms in total. The van der Waals surface area contributed by atoms with Crippen molar-refractivity contribution in [1.82, 2.24) is 15.3 Å². The quantitative estimate of drug-likeness (QED) is 0.771. The molecule has 0 atom stereocenters. The maximum absolute atomic E-state index is 13.7. The molecular formula is C21H23FN4O2. The van der Waals surface area contributed by atoms with Crippen molar-refractivity contribution in [2.24, 2.45) is 0 Å². The fourth-order valence-corrected chi connectivity index (χ4v) is 3.68. The Balaban J connectivity index is 1.25. The van der Waals surface area contributed by atoms with Gasteiger partial charge in [0.25, 0.3) is 11.7 Å². The summed E-state index contributed by atoms with van der Waals surface area (Å²) in [7, 11) is 0. The van der Waals surface area contributed by atoms with Crippen LogP contribution in [-0.4, -0.2) is 60.9 Å². The molecule has 1 N–H and O–H groups in total. The molecule has 28 heavy (non-hydrogen) atoms. The molecule has 0 unspecified atom stereocenters. The van der Waals surface area contributed by atoms with Crippen molar-refractivity contribution in [3.8, 4) is 0 Å². The van der Waals surface area contributed by atoms with Gasteiger partial charge in [-0.3, -0.25) is 19.9 Å². The highest BCUT2D eigenvalue weighted by Crippen LogP contribution is 2.28. The van der Waals surface area contributed by atoms with Crippen molar-refractivity contribution in [1.29, 1.82) is 0 Å². The summed E-state index contributed by atoms with van der Waals surface area (Å²) < 4.78 is 13.7. The average molecular weight is 382 g/mol. The normalized spacial score (nSPS) is 18.0. The number of amides is 1. The first kappa shape index (κ1) is 18.7. The highest BCUT2D eigenvalue weighted by Gasteiger charge is 2.35. The summed E-state index contributed by atoms with van der Waals surface area (Å²) in [5.74, 6) is -1.05. The first-order chi connectivity index (χ1) is 13.6. The summed E-state index contributed by atoms with van der Waals surface area (Å²) >= 11 is 0. The number of hydrogen-bond acceptors (Lipinski definition) is 5. The number of para-hydroxylation sites is 1. The molecule has 2 aromatic rings. The van der Waals surface area contributed by atoms with Crippen molar-refractivity contribution < 1.29 is 14.0 Å². The van der Waals surface area contributed by atoms with Crippen LogP contribution in [0.1, 0.15) is 15.9 Å². The van der Waals surface area contributed by atoms with E-state index in [4.69, 9.17) is 0 Å². The van der Waals surface area contributed by atoms with Gasteiger partial charge in [0.15, 0.2) is 0 Å². The SMILES string of the molecule is O=C1C(=O)N(CCN2CCN(NCc3ccccc3F)CC2)c2ccccc21. The Bertz CT molecular complexity index is 880. The molecule has 0 aliphatic carbocycles.